The van der Waals surface area contributed by atoms with Crippen LogP contribution in [0.25, 0.3) is 0 Å². The molecule has 6 nitrogen and oxygen atoms in total. The van der Waals surface area contributed by atoms with Gasteiger partial charge in [0.15, 0.2) is 0 Å². The van der Waals surface area contributed by atoms with Crippen LogP contribution in [0.15, 0.2) is 0 Å². The fraction of sp³-hybridized carbons (Fsp3) is 0.750. The molecule has 0 bridgehead atoms. The number of hydrogen-bond acceptors (Lipinski definition) is 6. The van der Waals surface area contributed by atoms with Gasteiger partial charge in [0, 0.05) is 17.9 Å². The summed E-state index contributed by atoms with van der Waals surface area (Å²) < 4.78 is 9.68. The van der Waals surface area contributed by atoms with Crippen LogP contribution in [0.1, 0.15) is 27.2 Å². The van der Waals surface area contributed by atoms with Crippen molar-refractivity contribution in [3.63, 3.8) is 0 Å². The van der Waals surface area contributed by atoms with E-state index in [9.17, 15) is 9.59 Å². The van der Waals surface area contributed by atoms with Gasteiger partial charge in [0.1, 0.15) is 11.6 Å². The topological polar surface area (TPSA) is 88.4 Å². The van der Waals surface area contributed by atoms with Crippen LogP contribution in [0.2, 0.25) is 0 Å². The number of methoxy groups -OCH3 is 1. The van der Waals surface area contributed by atoms with Crippen LogP contribution in [-0.2, 0) is 14.3 Å². The molecule has 0 aliphatic carbocycles. The van der Waals surface area contributed by atoms with Crippen LogP contribution in [-0.4, -0.2) is 42.3 Å². The van der Waals surface area contributed by atoms with Crippen molar-refractivity contribution in [1.82, 2.24) is 5.32 Å². The van der Waals surface area contributed by atoms with Crippen molar-refractivity contribution in [3.8, 4) is 6.07 Å². The number of nitrogens with one attached hydrogen (secondary N) is 1. The highest BCUT2D eigenvalue weighted by Crippen LogP contribution is 2.09. The number of rotatable bonds is 6. The van der Waals surface area contributed by atoms with Crippen molar-refractivity contribution in [3.05, 3.63) is 0 Å². The van der Waals surface area contributed by atoms with E-state index in [1.54, 1.807) is 20.8 Å². The van der Waals surface area contributed by atoms with Gasteiger partial charge in [-0.15, -0.1) is 0 Å². The number of thioether (sulfide) groups is 1. The molecule has 0 fully saturated rings. The summed E-state index contributed by atoms with van der Waals surface area (Å²) in [5.41, 5.74) is -0.626. The SMILES string of the molecule is COC(=O)[C@H](CSCCC#N)NC(=O)OC(C)(C)C. The van der Waals surface area contributed by atoms with Crippen LogP contribution < -0.4 is 5.32 Å². The molecule has 1 N–H and O–H groups in total. The lowest BCUT2D eigenvalue weighted by Crippen LogP contribution is -2.45. The van der Waals surface area contributed by atoms with Crippen LogP contribution in [0.3, 0.4) is 0 Å². The summed E-state index contributed by atoms with van der Waals surface area (Å²) >= 11 is 1.40. The molecule has 0 heterocycles. The molecule has 0 aliphatic rings. The number of nitriles is 1. The Balaban J connectivity index is 4.32. The Bertz CT molecular complexity index is 347. The third-order valence-corrected chi connectivity index (χ3v) is 2.88. The molecule has 0 aliphatic heterocycles. The summed E-state index contributed by atoms with van der Waals surface area (Å²) in [7, 11) is 1.26. The van der Waals surface area contributed by atoms with Crippen molar-refractivity contribution < 1.29 is 19.1 Å². The minimum atomic E-state index is -0.774. The highest BCUT2D eigenvalue weighted by Gasteiger charge is 2.24. The summed E-state index contributed by atoms with van der Waals surface area (Å²) in [6.45, 7) is 5.21. The molecular formula is C12H20N2O4S. The fourth-order valence-corrected chi connectivity index (χ4v) is 1.94. The van der Waals surface area contributed by atoms with Crippen LogP contribution in [0.4, 0.5) is 4.79 Å². The molecule has 0 spiro atoms. The van der Waals surface area contributed by atoms with E-state index < -0.39 is 23.7 Å². The Morgan fingerprint density at radius 3 is 2.53 bits per heavy atom. The number of ether oxygens (including phenoxy) is 2. The molecule has 19 heavy (non-hydrogen) atoms. The molecule has 0 saturated carbocycles. The van der Waals surface area contributed by atoms with Crippen molar-refractivity contribution in [2.75, 3.05) is 18.6 Å². The van der Waals surface area contributed by atoms with Crippen LogP contribution in [0, 0.1) is 11.3 Å². The highest BCUT2D eigenvalue weighted by molar-refractivity contribution is 7.99. The quantitative estimate of drug-likeness (QED) is 0.591. The van der Waals surface area contributed by atoms with E-state index in [1.165, 1.54) is 18.9 Å². The first-order chi connectivity index (χ1) is 8.80. The Kier molecular flexibility index (Phi) is 8.00. The van der Waals surface area contributed by atoms with Crippen molar-refractivity contribution >= 4 is 23.8 Å². The van der Waals surface area contributed by atoms with Gasteiger partial charge in [-0.1, -0.05) is 0 Å². The summed E-state index contributed by atoms with van der Waals surface area (Å²) in [4.78, 5) is 23.1. The summed E-state index contributed by atoms with van der Waals surface area (Å²) in [5, 5.41) is 10.9. The van der Waals surface area contributed by atoms with Gasteiger partial charge in [-0.25, -0.2) is 9.59 Å². The number of amides is 1. The van der Waals surface area contributed by atoms with Gasteiger partial charge in [-0.2, -0.15) is 17.0 Å². The first kappa shape index (κ1) is 17.6. The van der Waals surface area contributed by atoms with Crippen LogP contribution >= 0.6 is 11.8 Å². The predicted octanol–water partition coefficient (Wildman–Crippen LogP) is 1.70. The maximum absolute atomic E-state index is 11.6. The summed E-state index contributed by atoms with van der Waals surface area (Å²) in [5.74, 6) is 0.406. The molecule has 0 aromatic heterocycles. The predicted molar refractivity (Wildman–Crippen MR) is 72.7 cm³/mol. The standard InChI is InChI=1S/C12H20N2O4S/c1-12(2,3)18-11(16)14-9(10(15)17-4)8-19-7-5-6-13/h9H,5,7-8H2,1-4H3,(H,14,16)/t9-/m0/s1. The molecule has 108 valence electrons. The normalized spacial score (nSPS) is 12.2. The Labute approximate surface area is 117 Å². The zero-order valence-electron chi connectivity index (χ0n) is 11.7. The average molecular weight is 288 g/mol. The zero-order valence-corrected chi connectivity index (χ0v) is 12.5. The largest absolute Gasteiger partial charge is 0.467 e. The molecule has 0 unspecified atom stereocenters. The monoisotopic (exact) mass is 288 g/mol. The van der Waals surface area contributed by atoms with Crippen molar-refractivity contribution in [1.29, 1.82) is 5.26 Å². The lowest BCUT2D eigenvalue weighted by molar-refractivity contribution is -0.142. The van der Waals surface area contributed by atoms with Gasteiger partial charge in [0.25, 0.3) is 0 Å². The summed E-state index contributed by atoms with van der Waals surface area (Å²) in [6, 6.07) is 1.23. The number of carbonyl (C=O) groups is 2. The van der Waals surface area contributed by atoms with Gasteiger partial charge in [-0.3, -0.25) is 0 Å². The average Bonchev–Trinajstić information content (AvgIpc) is 2.29. The number of nitrogens with zero attached hydrogens (tertiary/aromatic N) is 1. The minimum absolute atomic E-state index is 0.341. The lowest BCUT2D eigenvalue weighted by atomic mass is 10.2. The highest BCUT2D eigenvalue weighted by atomic mass is 32.2. The maximum atomic E-state index is 11.6. The van der Waals surface area contributed by atoms with Gasteiger partial charge in [-0.05, 0) is 20.8 Å². The maximum Gasteiger partial charge on any atom is 0.408 e. The smallest absolute Gasteiger partial charge is 0.408 e. The van der Waals surface area contributed by atoms with E-state index in [4.69, 9.17) is 10.00 Å². The van der Waals surface area contributed by atoms with Gasteiger partial charge in [0.2, 0.25) is 0 Å². The fourth-order valence-electron chi connectivity index (χ4n) is 1.08. The number of alkyl carbamates (subject to hydrolysis) is 1. The first-order valence-electron chi connectivity index (χ1n) is 5.82. The van der Waals surface area contributed by atoms with E-state index >= 15 is 0 Å². The first-order valence-corrected chi connectivity index (χ1v) is 6.97. The molecular weight excluding hydrogens is 268 g/mol. The molecule has 0 aromatic carbocycles. The van der Waals surface area contributed by atoms with Crippen molar-refractivity contribution in [2.24, 2.45) is 0 Å². The second kappa shape index (κ2) is 8.64. The third-order valence-electron chi connectivity index (χ3n) is 1.82. The third kappa shape index (κ3) is 9.19. The van der Waals surface area contributed by atoms with E-state index in [2.05, 4.69) is 10.1 Å². The number of hydrogen-bond donors (Lipinski definition) is 1. The molecule has 7 heteroatoms. The van der Waals surface area contributed by atoms with E-state index in [0.717, 1.165) is 0 Å². The number of esters is 1. The minimum Gasteiger partial charge on any atom is -0.467 e. The van der Waals surface area contributed by atoms with Crippen LogP contribution in [0.5, 0.6) is 0 Å². The molecule has 0 saturated heterocycles. The second-order valence-corrected chi connectivity index (χ2v) is 5.85. The Morgan fingerprint density at radius 1 is 1.42 bits per heavy atom. The molecule has 0 aromatic rings. The zero-order chi connectivity index (χ0) is 14.9. The van der Waals surface area contributed by atoms with Gasteiger partial charge < -0.3 is 14.8 Å². The molecule has 1 amide bonds. The Morgan fingerprint density at radius 2 is 2.05 bits per heavy atom. The molecule has 0 radical (unpaired) electrons. The van der Waals surface area contributed by atoms with Gasteiger partial charge in [0.05, 0.1) is 13.2 Å². The molecule has 0 rings (SSSR count). The van der Waals surface area contributed by atoms with Gasteiger partial charge >= 0.3 is 12.1 Å². The van der Waals surface area contributed by atoms with E-state index in [0.29, 0.717) is 17.9 Å². The second-order valence-electron chi connectivity index (χ2n) is 4.71. The van der Waals surface area contributed by atoms with E-state index in [1.807, 2.05) is 6.07 Å². The lowest BCUT2D eigenvalue weighted by Gasteiger charge is -2.22. The van der Waals surface area contributed by atoms with E-state index in [-0.39, 0.29) is 0 Å². The number of carbonyl (C=O) groups excluding carboxylic acids is 2. The molecule has 1 atom stereocenters. The van der Waals surface area contributed by atoms with Crippen molar-refractivity contribution in [2.45, 2.75) is 38.8 Å². The Hall–Kier alpha value is -1.42. The summed E-state index contributed by atoms with van der Waals surface area (Å²) in [6.07, 6.45) is -0.269.